The Morgan fingerprint density at radius 3 is 2.39 bits per heavy atom. The summed E-state index contributed by atoms with van der Waals surface area (Å²) >= 11 is 0. The summed E-state index contributed by atoms with van der Waals surface area (Å²) in [5, 5.41) is 12.3. The molecule has 250 valence electrons. The van der Waals surface area contributed by atoms with Crippen LogP contribution < -0.4 is 5.32 Å². The lowest BCUT2D eigenvalue weighted by Crippen LogP contribution is -2.48. The molecular weight excluding hydrogens is 601 g/mol. The normalized spacial score (nSPS) is 27.7. The Morgan fingerprint density at radius 1 is 0.891 bits per heavy atom. The minimum Gasteiger partial charge on any atom is -0.392 e. The van der Waals surface area contributed by atoms with Crippen LogP contribution in [0.15, 0.2) is 48.5 Å². The van der Waals surface area contributed by atoms with E-state index < -0.39 is 30.3 Å². The van der Waals surface area contributed by atoms with Crippen LogP contribution in [0.25, 0.3) is 0 Å². The maximum atomic E-state index is 13.1. The number of benzene rings is 2. The summed E-state index contributed by atoms with van der Waals surface area (Å²) in [4.78, 5) is 30.7. The van der Waals surface area contributed by atoms with Crippen LogP contribution in [0.3, 0.4) is 0 Å². The molecule has 0 spiro atoms. The largest absolute Gasteiger partial charge is 0.471 e. The van der Waals surface area contributed by atoms with Crippen molar-refractivity contribution in [3.63, 3.8) is 0 Å². The second-order valence-electron chi connectivity index (χ2n) is 12.9. The van der Waals surface area contributed by atoms with Crippen molar-refractivity contribution in [3.8, 4) is 0 Å². The highest BCUT2D eigenvalue weighted by atomic mass is 19.4. The number of hydrogen-bond acceptors (Lipinski definition) is 7. The molecule has 2 N–H and O–H groups in total. The summed E-state index contributed by atoms with van der Waals surface area (Å²) in [7, 11) is 0. The van der Waals surface area contributed by atoms with Gasteiger partial charge in [0.15, 0.2) is 6.29 Å². The number of carbonyl (C=O) groups is 2. The molecule has 4 saturated heterocycles. The first-order valence-corrected chi connectivity index (χ1v) is 16.4. The quantitative estimate of drug-likeness (QED) is 0.406. The van der Waals surface area contributed by atoms with Gasteiger partial charge < -0.3 is 29.7 Å². The Hall–Kier alpha value is -3.03. The third kappa shape index (κ3) is 7.74. The molecule has 0 radical (unpaired) electrons. The number of ether oxygens (including phenoxy) is 2. The predicted octanol–water partition coefficient (Wildman–Crippen LogP) is 4.78. The molecule has 0 saturated carbocycles. The molecule has 6 rings (SSSR count). The van der Waals surface area contributed by atoms with E-state index in [4.69, 9.17) is 9.47 Å². The van der Waals surface area contributed by atoms with Crippen molar-refractivity contribution in [2.45, 2.75) is 88.3 Å². The van der Waals surface area contributed by atoms with Crippen LogP contribution in [0.2, 0.25) is 0 Å². The number of aliphatic hydroxyl groups excluding tert-OH is 1. The molecule has 4 aliphatic heterocycles. The third-order valence-corrected chi connectivity index (χ3v) is 9.70. The molecule has 9 nitrogen and oxygen atoms in total. The average molecular weight is 645 g/mol. The Bertz CT molecular complexity index is 1350. The fraction of sp³-hybridized carbons (Fsp3) is 0.588. The van der Waals surface area contributed by atoms with E-state index >= 15 is 0 Å². The summed E-state index contributed by atoms with van der Waals surface area (Å²) in [6.45, 7) is 5.04. The number of rotatable bonds is 9. The number of carbonyl (C=O) groups excluding carboxylic acids is 2. The fourth-order valence-corrected chi connectivity index (χ4v) is 7.33. The zero-order valence-electron chi connectivity index (χ0n) is 26.0. The van der Waals surface area contributed by atoms with Gasteiger partial charge in [0.2, 0.25) is 5.91 Å². The monoisotopic (exact) mass is 644 g/mol. The molecule has 4 aliphatic rings. The van der Waals surface area contributed by atoms with E-state index in [0.717, 1.165) is 50.3 Å². The number of nitrogens with zero attached hydrogens (tertiary/aromatic N) is 3. The molecule has 0 aliphatic carbocycles. The van der Waals surface area contributed by atoms with Crippen molar-refractivity contribution >= 4 is 17.5 Å². The highest BCUT2D eigenvalue weighted by molar-refractivity contribution is 5.98. The van der Waals surface area contributed by atoms with Gasteiger partial charge >= 0.3 is 12.1 Å². The number of nitrogens with one attached hydrogen (secondary N) is 1. The molecule has 2 aromatic rings. The van der Waals surface area contributed by atoms with Crippen LogP contribution in [0.4, 0.5) is 18.9 Å². The summed E-state index contributed by atoms with van der Waals surface area (Å²) in [5.74, 6) is -2.65. The second-order valence-corrected chi connectivity index (χ2v) is 12.9. The lowest BCUT2D eigenvalue weighted by molar-refractivity contribution is -0.253. The molecule has 2 aromatic carbocycles. The van der Waals surface area contributed by atoms with Gasteiger partial charge in [-0.25, -0.2) is 0 Å². The van der Waals surface area contributed by atoms with Crippen molar-refractivity contribution in [2.24, 2.45) is 0 Å². The van der Waals surface area contributed by atoms with Crippen molar-refractivity contribution in [3.05, 3.63) is 65.2 Å². The lowest BCUT2D eigenvalue weighted by Gasteiger charge is -2.39. The molecule has 0 unspecified atom stereocenters. The number of amides is 2. The van der Waals surface area contributed by atoms with Gasteiger partial charge in [-0.2, -0.15) is 13.2 Å². The summed E-state index contributed by atoms with van der Waals surface area (Å²) in [5.41, 5.74) is 2.85. The summed E-state index contributed by atoms with van der Waals surface area (Å²) in [6, 6.07) is 14.0. The van der Waals surface area contributed by atoms with Gasteiger partial charge in [0.25, 0.3) is 0 Å². The topological polar surface area (TPSA) is 94.6 Å². The number of anilines is 1. The van der Waals surface area contributed by atoms with Crippen molar-refractivity contribution in [1.82, 2.24) is 14.7 Å². The Morgan fingerprint density at radius 2 is 1.65 bits per heavy atom. The minimum atomic E-state index is -5.03. The van der Waals surface area contributed by atoms with Crippen molar-refractivity contribution in [2.75, 3.05) is 44.6 Å². The highest BCUT2D eigenvalue weighted by Crippen LogP contribution is 2.39. The standard InChI is InChI=1S/C34H43F3N4O5/c35-34(36,37)33(44)41-17-5-9-29(41)31(43)38-26-7-3-6-25(18-26)32-45-28(19-30(46-32)24-12-10-23(22-42)11-13-24)21-40-16-4-8-27(40)20-39-14-1-2-15-39/h3,6-7,10-13,18,27-30,32,42H,1-2,4-5,8-9,14-17,19-22H2,(H,38,43)/t27-,28-,29-,30+,32+/m0/s1. The fourth-order valence-electron chi connectivity index (χ4n) is 7.33. The van der Waals surface area contributed by atoms with Gasteiger partial charge in [0.05, 0.1) is 18.8 Å². The van der Waals surface area contributed by atoms with E-state index in [0.29, 0.717) is 35.0 Å². The van der Waals surface area contributed by atoms with Crippen molar-refractivity contribution in [1.29, 1.82) is 0 Å². The van der Waals surface area contributed by atoms with Crippen LogP contribution in [0.1, 0.15) is 74.0 Å². The Kier molecular flexibility index (Phi) is 10.3. The maximum Gasteiger partial charge on any atom is 0.471 e. The average Bonchev–Trinajstić information content (AvgIpc) is 3.84. The zero-order valence-corrected chi connectivity index (χ0v) is 26.0. The van der Waals surface area contributed by atoms with Crippen LogP contribution in [-0.2, 0) is 25.7 Å². The number of alkyl halides is 3. The molecule has 0 aromatic heterocycles. The van der Waals surface area contributed by atoms with E-state index in [1.54, 1.807) is 18.2 Å². The van der Waals surface area contributed by atoms with Crippen LogP contribution >= 0.6 is 0 Å². The Labute approximate surface area is 267 Å². The number of likely N-dealkylation sites (tertiary alicyclic amines) is 3. The van der Waals surface area contributed by atoms with E-state index in [1.165, 1.54) is 19.3 Å². The van der Waals surface area contributed by atoms with E-state index in [1.807, 2.05) is 30.3 Å². The maximum absolute atomic E-state index is 13.1. The van der Waals surface area contributed by atoms with Crippen molar-refractivity contribution < 1.29 is 37.3 Å². The predicted molar refractivity (Wildman–Crippen MR) is 165 cm³/mol. The second kappa shape index (κ2) is 14.4. The molecule has 0 bridgehead atoms. The lowest BCUT2D eigenvalue weighted by atomic mass is 9.99. The van der Waals surface area contributed by atoms with Crippen LogP contribution in [0, 0.1) is 0 Å². The first-order valence-electron chi connectivity index (χ1n) is 16.4. The molecular formula is C34H43F3N4O5. The highest BCUT2D eigenvalue weighted by Gasteiger charge is 2.47. The zero-order chi connectivity index (χ0) is 32.3. The number of halogens is 3. The molecule has 5 atom stereocenters. The van der Waals surface area contributed by atoms with Gasteiger partial charge in [-0.1, -0.05) is 36.4 Å². The molecule has 4 heterocycles. The molecule has 4 fully saturated rings. The van der Waals surface area contributed by atoms with E-state index in [2.05, 4.69) is 15.1 Å². The van der Waals surface area contributed by atoms with Gasteiger partial charge in [-0.05, 0) is 81.4 Å². The van der Waals surface area contributed by atoms with E-state index in [-0.39, 0.29) is 31.8 Å². The minimum absolute atomic E-state index is 0.0466. The summed E-state index contributed by atoms with van der Waals surface area (Å²) < 4.78 is 52.5. The number of hydrogen-bond donors (Lipinski definition) is 2. The van der Waals surface area contributed by atoms with Gasteiger partial charge in [-0.15, -0.1) is 0 Å². The van der Waals surface area contributed by atoms with Gasteiger partial charge in [0, 0.05) is 43.3 Å². The molecule has 12 heteroatoms. The number of aliphatic hydroxyl groups is 1. The SMILES string of the molecule is O=C(Nc1cccc([C@@H]2O[C@H](CN3CCC[C@H]3CN3CCCC3)C[C@H](c3ccc(CO)cc3)O2)c1)[C@@H]1CCCN1C(=O)C(F)(F)F. The third-order valence-electron chi connectivity index (χ3n) is 9.70. The summed E-state index contributed by atoms with van der Waals surface area (Å²) in [6.07, 6.45) is -0.179. The van der Waals surface area contributed by atoms with Gasteiger partial charge in [0.1, 0.15) is 6.04 Å². The molecule has 2 amide bonds. The van der Waals surface area contributed by atoms with E-state index in [9.17, 15) is 27.9 Å². The first kappa shape index (κ1) is 32.9. The van der Waals surface area contributed by atoms with Gasteiger partial charge in [-0.3, -0.25) is 14.5 Å². The van der Waals surface area contributed by atoms with Crippen LogP contribution in [-0.4, -0.2) is 95.3 Å². The smallest absolute Gasteiger partial charge is 0.392 e. The molecule has 46 heavy (non-hydrogen) atoms. The van der Waals surface area contributed by atoms with Crippen LogP contribution in [0.5, 0.6) is 0 Å². The Balaban J connectivity index is 1.18. The first-order chi connectivity index (χ1) is 22.2.